The van der Waals surface area contributed by atoms with Crippen molar-refractivity contribution in [2.45, 2.75) is 26.7 Å². The molecule has 0 atom stereocenters. The van der Waals surface area contributed by atoms with Crippen LogP contribution >= 0.6 is 0 Å². The molecule has 1 aliphatic rings. The highest BCUT2D eigenvalue weighted by atomic mass is 16.5. The predicted molar refractivity (Wildman–Crippen MR) is 184 cm³/mol. The number of anilines is 4. The van der Waals surface area contributed by atoms with E-state index in [-0.39, 0.29) is 0 Å². The van der Waals surface area contributed by atoms with Gasteiger partial charge < -0.3 is 38.2 Å². The molecule has 8 nitrogen and oxygen atoms in total. The Bertz CT molecular complexity index is 1570. The van der Waals surface area contributed by atoms with Gasteiger partial charge in [-0.3, -0.25) is 0 Å². The summed E-state index contributed by atoms with van der Waals surface area (Å²) in [5.74, 6) is 3.47. The summed E-state index contributed by atoms with van der Waals surface area (Å²) in [6.07, 6.45) is 5.76. The standard InChI is InChI=1S/C38H42N2O6/c1-25-9-13-27(14-10-25)39(28-15-11-26(2)12-16-28)29-17-19-30(20-18-29)40(37-33(43-5)21-31(41-3)22-34(37)44-6)38-35(45-7)23-32(42-4)24-36(38)46-8/h9-17,19,21-24H,18,20H2,1-8H3. The molecular formula is C38H42N2O6. The molecular weight excluding hydrogens is 580 g/mol. The number of ether oxygens (including phenoxy) is 6. The summed E-state index contributed by atoms with van der Waals surface area (Å²) >= 11 is 0. The fourth-order valence-corrected chi connectivity index (χ4v) is 5.67. The average Bonchev–Trinajstić information content (AvgIpc) is 3.10. The molecule has 0 N–H and O–H groups in total. The van der Waals surface area contributed by atoms with Crippen molar-refractivity contribution in [3.63, 3.8) is 0 Å². The lowest BCUT2D eigenvalue weighted by atomic mass is 10.0. The van der Waals surface area contributed by atoms with Gasteiger partial charge in [0.05, 0.1) is 42.7 Å². The number of methoxy groups -OCH3 is 6. The van der Waals surface area contributed by atoms with Gasteiger partial charge in [-0.25, -0.2) is 0 Å². The molecule has 0 aromatic heterocycles. The van der Waals surface area contributed by atoms with Crippen molar-refractivity contribution in [3.8, 4) is 34.5 Å². The smallest absolute Gasteiger partial charge is 0.150 e. The van der Waals surface area contributed by atoms with E-state index < -0.39 is 0 Å². The fourth-order valence-electron chi connectivity index (χ4n) is 5.67. The van der Waals surface area contributed by atoms with E-state index in [1.165, 1.54) is 16.8 Å². The van der Waals surface area contributed by atoms with Gasteiger partial charge in [0.25, 0.3) is 0 Å². The predicted octanol–water partition coefficient (Wildman–Crippen LogP) is 8.89. The SMILES string of the molecule is COc1cc(OC)c(N(C2=CC=C(N(c3ccc(C)cc3)c3ccc(C)cc3)CC2)c2c(OC)cc(OC)cc2OC)c(OC)c1. The van der Waals surface area contributed by atoms with Gasteiger partial charge in [-0.05, 0) is 63.1 Å². The first-order valence-electron chi connectivity index (χ1n) is 15.1. The largest absolute Gasteiger partial charge is 0.496 e. The Balaban J connectivity index is 1.73. The number of rotatable bonds is 12. The summed E-state index contributed by atoms with van der Waals surface area (Å²) in [6.45, 7) is 4.21. The molecule has 8 heteroatoms. The second-order valence-electron chi connectivity index (χ2n) is 10.9. The van der Waals surface area contributed by atoms with Crippen molar-refractivity contribution in [3.05, 3.63) is 107 Å². The minimum atomic E-state index is 0.563. The van der Waals surface area contributed by atoms with E-state index in [1.54, 1.807) is 42.7 Å². The molecule has 0 radical (unpaired) electrons. The number of nitrogens with zero attached hydrogens (tertiary/aromatic N) is 2. The van der Waals surface area contributed by atoms with E-state index in [0.717, 1.165) is 23.5 Å². The van der Waals surface area contributed by atoms with Crippen LogP contribution in [0.2, 0.25) is 0 Å². The van der Waals surface area contributed by atoms with Crippen molar-refractivity contribution in [2.24, 2.45) is 0 Å². The van der Waals surface area contributed by atoms with E-state index in [4.69, 9.17) is 28.4 Å². The van der Waals surface area contributed by atoms with Crippen LogP contribution in [-0.2, 0) is 0 Å². The van der Waals surface area contributed by atoms with Gasteiger partial charge in [-0.15, -0.1) is 0 Å². The lowest BCUT2D eigenvalue weighted by Crippen LogP contribution is -2.24. The zero-order valence-electron chi connectivity index (χ0n) is 27.8. The zero-order valence-corrected chi connectivity index (χ0v) is 27.8. The molecule has 0 saturated heterocycles. The Morgan fingerprint density at radius 3 is 1.04 bits per heavy atom. The third-order valence-corrected chi connectivity index (χ3v) is 8.09. The first kappa shape index (κ1) is 32.2. The van der Waals surface area contributed by atoms with E-state index in [1.807, 2.05) is 24.3 Å². The molecule has 0 unspecified atom stereocenters. The Hall–Kier alpha value is -5.24. The van der Waals surface area contributed by atoms with Crippen molar-refractivity contribution < 1.29 is 28.4 Å². The van der Waals surface area contributed by atoms with Gasteiger partial charge in [0.15, 0.2) is 0 Å². The van der Waals surface area contributed by atoms with Crippen molar-refractivity contribution >= 4 is 22.7 Å². The number of hydrogen-bond donors (Lipinski definition) is 0. The van der Waals surface area contributed by atoms with Crippen LogP contribution in [0.25, 0.3) is 0 Å². The molecule has 0 amide bonds. The first-order valence-corrected chi connectivity index (χ1v) is 15.1. The summed E-state index contributed by atoms with van der Waals surface area (Å²) in [6, 6.07) is 24.6. The summed E-state index contributed by atoms with van der Waals surface area (Å²) in [4.78, 5) is 4.41. The van der Waals surface area contributed by atoms with Crippen LogP contribution in [0.3, 0.4) is 0 Å². The van der Waals surface area contributed by atoms with Crippen LogP contribution < -0.4 is 38.2 Å². The maximum atomic E-state index is 5.95. The normalized spacial score (nSPS) is 12.4. The van der Waals surface area contributed by atoms with Gasteiger partial charge in [0.1, 0.15) is 45.9 Å². The van der Waals surface area contributed by atoms with E-state index in [0.29, 0.717) is 52.3 Å². The second-order valence-corrected chi connectivity index (χ2v) is 10.9. The Morgan fingerprint density at radius 2 is 0.761 bits per heavy atom. The fraction of sp³-hybridized carbons (Fsp3) is 0.263. The quantitative estimate of drug-likeness (QED) is 0.155. The summed E-state index contributed by atoms with van der Waals surface area (Å²) in [5.41, 5.74) is 8.16. The zero-order chi connectivity index (χ0) is 32.8. The summed E-state index contributed by atoms with van der Waals surface area (Å²) in [5, 5.41) is 0. The number of allylic oxidation sites excluding steroid dienone is 4. The number of benzene rings is 4. The monoisotopic (exact) mass is 622 g/mol. The molecule has 0 heterocycles. The molecule has 0 spiro atoms. The van der Waals surface area contributed by atoms with Crippen LogP contribution in [0.4, 0.5) is 22.7 Å². The summed E-state index contributed by atoms with van der Waals surface area (Å²) < 4.78 is 34.9. The van der Waals surface area contributed by atoms with Crippen LogP contribution in [0.1, 0.15) is 24.0 Å². The van der Waals surface area contributed by atoms with E-state index in [9.17, 15) is 0 Å². The molecule has 4 aromatic carbocycles. The lowest BCUT2D eigenvalue weighted by Gasteiger charge is -2.35. The first-order chi connectivity index (χ1) is 22.3. The van der Waals surface area contributed by atoms with Gasteiger partial charge in [-0.2, -0.15) is 0 Å². The second kappa shape index (κ2) is 14.2. The molecule has 0 aliphatic heterocycles. The third kappa shape index (κ3) is 6.42. The lowest BCUT2D eigenvalue weighted by molar-refractivity contribution is 0.372. The molecule has 240 valence electrons. The average molecular weight is 623 g/mol. The van der Waals surface area contributed by atoms with Crippen LogP contribution in [-0.4, -0.2) is 42.7 Å². The van der Waals surface area contributed by atoms with E-state index >= 15 is 0 Å². The van der Waals surface area contributed by atoms with Crippen LogP contribution in [0, 0.1) is 13.8 Å². The van der Waals surface area contributed by atoms with Crippen LogP contribution in [0.15, 0.2) is 96.3 Å². The number of aryl methyl sites for hydroxylation is 2. The molecule has 0 saturated carbocycles. The highest BCUT2D eigenvalue weighted by Crippen LogP contribution is 2.53. The Labute approximate surface area is 272 Å². The highest BCUT2D eigenvalue weighted by molar-refractivity contribution is 5.86. The topological polar surface area (TPSA) is 61.9 Å². The highest BCUT2D eigenvalue weighted by Gasteiger charge is 2.31. The number of hydrogen-bond acceptors (Lipinski definition) is 8. The van der Waals surface area contributed by atoms with Crippen molar-refractivity contribution in [2.75, 3.05) is 52.5 Å². The van der Waals surface area contributed by atoms with Crippen LogP contribution in [0.5, 0.6) is 34.5 Å². The van der Waals surface area contributed by atoms with Crippen molar-refractivity contribution in [1.82, 2.24) is 0 Å². The van der Waals surface area contributed by atoms with Gasteiger partial charge in [-0.1, -0.05) is 35.4 Å². The molecule has 1 aliphatic carbocycles. The maximum Gasteiger partial charge on any atom is 0.150 e. The van der Waals surface area contributed by atoms with Gasteiger partial charge in [0, 0.05) is 47.0 Å². The van der Waals surface area contributed by atoms with Crippen molar-refractivity contribution in [1.29, 1.82) is 0 Å². The Morgan fingerprint density at radius 1 is 0.435 bits per heavy atom. The Kier molecular flexibility index (Phi) is 9.96. The summed E-state index contributed by atoms with van der Waals surface area (Å²) in [7, 11) is 9.76. The molecule has 4 aromatic rings. The van der Waals surface area contributed by atoms with Gasteiger partial charge in [0.2, 0.25) is 0 Å². The minimum absolute atomic E-state index is 0.563. The molecule has 0 fully saturated rings. The van der Waals surface area contributed by atoms with Gasteiger partial charge >= 0.3 is 0 Å². The minimum Gasteiger partial charge on any atom is -0.496 e. The molecule has 0 bridgehead atoms. The molecule has 46 heavy (non-hydrogen) atoms. The van der Waals surface area contributed by atoms with E-state index in [2.05, 4.69) is 84.3 Å². The third-order valence-electron chi connectivity index (χ3n) is 8.09. The molecule has 5 rings (SSSR count). The maximum absolute atomic E-state index is 5.95.